The molecule has 0 saturated heterocycles. The van der Waals surface area contributed by atoms with Gasteiger partial charge in [0, 0.05) is 16.5 Å². The maximum Gasteiger partial charge on any atom is 0.248 e. The minimum Gasteiger partial charge on any atom is -0.396 e. The van der Waals surface area contributed by atoms with Gasteiger partial charge in [-0.15, -0.1) is 0 Å². The van der Waals surface area contributed by atoms with Gasteiger partial charge in [-0.2, -0.15) is 0 Å². The molecule has 2 aromatic carbocycles. The predicted molar refractivity (Wildman–Crippen MR) is 79.9 cm³/mol. The van der Waals surface area contributed by atoms with Gasteiger partial charge >= 0.3 is 0 Å². The van der Waals surface area contributed by atoms with Crippen LogP contribution in [0.3, 0.4) is 0 Å². The minimum absolute atomic E-state index is 0.0487. The third-order valence-corrected chi connectivity index (χ3v) is 3.53. The van der Waals surface area contributed by atoms with E-state index in [4.69, 9.17) is 17.3 Å². The Morgan fingerprint density at radius 2 is 1.80 bits per heavy atom. The van der Waals surface area contributed by atoms with Crippen LogP contribution in [0.1, 0.15) is 27.4 Å². The molecule has 1 atom stereocenters. The third kappa shape index (κ3) is 3.38. The summed E-state index contributed by atoms with van der Waals surface area (Å²) in [6.07, 6.45) is 0.623. The number of amides is 1. The fourth-order valence-electron chi connectivity index (χ4n) is 2.26. The number of rotatable bonds is 5. The maximum atomic E-state index is 11.5. The number of nitrogens with two attached hydrogens (primary N) is 1. The Morgan fingerprint density at radius 3 is 2.40 bits per heavy atom. The van der Waals surface area contributed by atoms with Crippen molar-refractivity contribution in [1.29, 1.82) is 0 Å². The molecule has 0 bridgehead atoms. The standard InChI is InChI=1S/C16H16ClNO2/c17-13-7-5-11(6-8-13)9-12(10-19)14-3-1-2-4-15(14)16(18)20/h1-8,12,19H,9-10H2,(H2,18,20). The van der Waals surface area contributed by atoms with Crippen molar-refractivity contribution in [3.8, 4) is 0 Å². The van der Waals surface area contributed by atoms with Crippen LogP contribution in [-0.4, -0.2) is 17.6 Å². The molecule has 1 unspecified atom stereocenters. The van der Waals surface area contributed by atoms with Crippen LogP contribution in [0.4, 0.5) is 0 Å². The maximum absolute atomic E-state index is 11.5. The molecule has 0 radical (unpaired) electrons. The van der Waals surface area contributed by atoms with Crippen molar-refractivity contribution in [2.45, 2.75) is 12.3 Å². The summed E-state index contributed by atoms with van der Waals surface area (Å²) in [7, 11) is 0. The van der Waals surface area contributed by atoms with Crippen LogP contribution in [0.15, 0.2) is 48.5 Å². The first-order valence-corrected chi connectivity index (χ1v) is 6.73. The number of hydrogen-bond acceptors (Lipinski definition) is 2. The van der Waals surface area contributed by atoms with Gasteiger partial charge in [-0.25, -0.2) is 0 Å². The molecule has 2 rings (SSSR count). The number of aliphatic hydroxyl groups is 1. The van der Waals surface area contributed by atoms with E-state index in [1.807, 2.05) is 36.4 Å². The molecule has 104 valence electrons. The first-order chi connectivity index (χ1) is 9.61. The fraction of sp³-hybridized carbons (Fsp3) is 0.188. The topological polar surface area (TPSA) is 63.3 Å². The molecule has 0 saturated carbocycles. The summed E-state index contributed by atoms with van der Waals surface area (Å²) >= 11 is 5.86. The quantitative estimate of drug-likeness (QED) is 0.889. The lowest BCUT2D eigenvalue weighted by atomic mass is 9.89. The predicted octanol–water partition coefficient (Wildman–Crippen LogP) is 2.76. The van der Waals surface area contributed by atoms with Crippen molar-refractivity contribution in [3.63, 3.8) is 0 Å². The second-order valence-electron chi connectivity index (χ2n) is 4.66. The summed E-state index contributed by atoms with van der Waals surface area (Å²) in [4.78, 5) is 11.5. The molecule has 0 aliphatic carbocycles. The highest BCUT2D eigenvalue weighted by Gasteiger charge is 2.17. The van der Waals surface area contributed by atoms with Gasteiger partial charge in [-0.05, 0) is 35.7 Å². The zero-order valence-corrected chi connectivity index (χ0v) is 11.7. The van der Waals surface area contributed by atoms with Crippen LogP contribution in [0.5, 0.6) is 0 Å². The Labute approximate surface area is 123 Å². The summed E-state index contributed by atoms with van der Waals surface area (Å²) in [5.41, 5.74) is 7.67. The molecular formula is C16H16ClNO2. The number of aliphatic hydroxyl groups excluding tert-OH is 1. The van der Waals surface area contributed by atoms with Crippen LogP contribution in [0, 0.1) is 0 Å². The first kappa shape index (κ1) is 14.6. The van der Waals surface area contributed by atoms with Crippen molar-refractivity contribution in [1.82, 2.24) is 0 Å². The third-order valence-electron chi connectivity index (χ3n) is 3.28. The molecule has 4 heteroatoms. The number of hydrogen-bond donors (Lipinski definition) is 2. The second-order valence-corrected chi connectivity index (χ2v) is 5.10. The molecule has 20 heavy (non-hydrogen) atoms. The Balaban J connectivity index is 2.28. The summed E-state index contributed by atoms with van der Waals surface area (Å²) in [6, 6.07) is 14.6. The molecule has 0 aliphatic heterocycles. The van der Waals surface area contributed by atoms with Crippen molar-refractivity contribution in [2.24, 2.45) is 5.73 Å². The van der Waals surface area contributed by atoms with Crippen molar-refractivity contribution in [3.05, 3.63) is 70.2 Å². The number of carbonyl (C=O) groups is 1. The molecule has 3 nitrogen and oxygen atoms in total. The number of benzene rings is 2. The van der Waals surface area contributed by atoms with Gasteiger partial charge in [-0.1, -0.05) is 41.9 Å². The van der Waals surface area contributed by atoms with Gasteiger partial charge < -0.3 is 10.8 Å². The molecule has 0 spiro atoms. The lowest BCUT2D eigenvalue weighted by Crippen LogP contribution is -2.18. The van der Waals surface area contributed by atoms with Crippen LogP contribution in [0.25, 0.3) is 0 Å². The highest BCUT2D eigenvalue weighted by molar-refractivity contribution is 6.30. The minimum atomic E-state index is -0.477. The average Bonchev–Trinajstić information content (AvgIpc) is 2.46. The zero-order valence-electron chi connectivity index (χ0n) is 10.9. The fourth-order valence-corrected chi connectivity index (χ4v) is 2.38. The van der Waals surface area contributed by atoms with Crippen molar-refractivity contribution < 1.29 is 9.90 Å². The van der Waals surface area contributed by atoms with Crippen LogP contribution in [0.2, 0.25) is 5.02 Å². The van der Waals surface area contributed by atoms with E-state index in [2.05, 4.69) is 0 Å². The zero-order chi connectivity index (χ0) is 14.5. The van der Waals surface area contributed by atoms with Crippen molar-refractivity contribution >= 4 is 17.5 Å². The highest BCUT2D eigenvalue weighted by Crippen LogP contribution is 2.24. The van der Waals surface area contributed by atoms with E-state index in [9.17, 15) is 9.90 Å². The number of primary amides is 1. The first-order valence-electron chi connectivity index (χ1n) is 6.36. The van der Waals surface area contributed by atoms with Gasteiger partial charge in [0.2, 0.25) is 5.91 Å². The van der Waals surface area contributed by atoms with Gasteiger partial charge in [0.15, 0.2) is 0 Å². The smallest absolute Gasteiger partial charge is 0.248 e. The lowest BCUT2D eigenvalue weighted by Gasteiger charge is -2.17. The van der Waals surface area contributed by atoms with E-state index in [1.54, 1.807) is 12.1 Å². The molecule has 0 heterocycles. The number of halogens is 1. The summed E-state index contributed by atoms with van der Waals surface area (Å²) < 4.78 is 0. The summed E-state index contributed by atoms with van der Waals surface area (Å²) in [5, 5.41) is 10.3. The SMILES string of the molecule is NC(=O)c1ccccc1C(CO)Cc1ccc(Cl)cc1. The molecule has 0 aliphatic rings. The average molecular weight is 290 g/mol. The van der Waals surface area contributed by atoms with Crippen molar-refractivity contribution in [2.75, 3.05) is 6.61 Å². The molecular weight excluding hydrogens is 274 g/mol. The highest BCUT2D eigenvalue weighted by atomic mass is 35.5. The van der Waals surface area contributed by atoms with E-state index in [1.165, 1.54) is 0 Å². The number of carbonyl (C=O) groups excluding carboxylic acids is 1. The van der Waals surface area contributed by atoms with Crippen LogP contribution in [-0.2, 0) is 6.42 Å². The Kier molecular flexibility index (Phi) is 4.77. The van der Waals surface area contributed by atoms with E-state index < -0.39 is 5.91 Å². The van der Waals surface area contributed by atoms with E-state index >= 15 is 0 Å². The van der Waals surface area contributed by atoms with Gasteiger partial charge in [-0.3, -0.25) is 4.79 Å². The van der Waals surface area contributed by atoms with Gasteiger partial charge in [0.05, 0.1) is 6.61 Å². The Morgan fingerprint density at radius 1 is 1.15 bits per heavy atom. The lowest BCUT2D eigenvalue weighted by molar-refractivity contribution is 0.0998. The van der Waals surface area contributed by atoms with Gasteiger partial charge in [0.1, 0.15) is 0 Å². The van der Waals surface area contributed by atoms with Crippen LogP contribution < -0.4 is 5.73 Å². The normalized spacial score (nSPS) is 12.1. The van der Waals surface area contributed by atoms with Gasteiger partial charge in [0.25, 0.3) is 0 Å². The van der Waals surface area contributed by atoms with E-state index in [0.717, 1.165) is 11.1 Å². The Bertz CT molecular complexity index is 596. The molecule has 3 N–H and O–H groups in total. The van der Waals surface area contributed by atoms with E-state index in [0.29, 0.717) is 17.0 Å². The Hall–Kier alpha value is -1.84. The van der Waals surface area contributed by atoms with E-state index in [-0.39, 0.29) is 12.5 Å². The largest absolute Gasteiger partial charge is 0.396 e. The summed E-state index contributed by atoms with van der Waals surface area (Å²) in [6.45, 7) is -0.0487. The second kappa shape index (κ2) is 6.55. The molecule has 0 fully saturated rings. The monoisotopic (exact) mass is 289 g/mol. The summed E-state index contributed by atoms with van der Waals surface area (Å²) in [5.74, 6) is -0.643. The molecule has 1 amide bonds. The molecule has 2 aromatic rings. The van der Waals surface area contributed by atoms with Crippen LogP contribution >= 0.6 is 11.6 Å². The molecule has 0 aromatic heterocycles.